The summed E-state index contributed by atoms with van der Waals surface area (Å²) in [6.07, 6.45) is 0. The molecule has 0 bridgehead atoms. The van der Waals surface area contributed by atoms with Crippen LogP contribution in [0.1, 0.15) is 17.4 Å². The molecular weight excluding hydrogens is 158 g/mol. The van der Waals surface area contributed by atoms with Crippen molar-refractivity contribution in [2.24, 2.45) is 0 Å². The molecular formula is C7H9N3O2. The lowest BCUT2D eigenvalue weighted by atomic mass is 10.4. The zero-order valence-electron chi connectivity index (χ0n) is 6.61. The molecule has 64 valence electrons. The number of anilines is 1. The normalized spacial score (nSPS) is 9.42. The molecule has 1 heterocycles. The molecule has 5 nitrogen and oxygen atoms in total. The first-order valence-corrected chi connectivity index (χ1v) is 3.55. The summed E-state index contributed by atoms with van der Waals surface area (Å²) in [7, 11) is 0. The first kappa shape index (κ1) is 8.45. The first-order chi connectivity index (χ1) is 5.74. The third-order valence-electron chi connectivity index (χ3n) is 1.24. The average Bonchev–Trinajstić information content (AvgIpc) is 2.06. The molecule has 0 spiro atoms. The van der Waals surface area contributed by atoms with Crippen LogP contribution in [0.5, 0.6) is 0 Å². The Hall–Kier alpha value is -1.65. The van der Waals surface area contributed by atoms with Gasteiger partial charge >= 0.3 is 5.97 Å². The van der Waals surface area contributed by atoms with E-state index in [0.29, 0.717) is 5.82 Å². The molecule has 0 fully saturated rings. The van der Waals surface area contributed by atoms with Gasteiger partial charge in [-0.3, -0.25) is 0 Å². The summed E-state index contributed by atoms with van der Waals surface area (Å²) in [5.41, 5.74) is -0.0448. The second-order valence-corrected chi connectivity index (χ2v) is 2.14. The molecule has 0 saturated carbocycles. The summed E-state index contributed by atoms with van der Waals surface area (Å²) in [6.45, 7) is 2.66. The second kappa shape index (κ2) is 3.66. The van der Waals surface area contributed by atoms with Gasteiger partial charge in [0.2, 0.25) is 0 Å². The third-order valence-corrected chi connectivity index (χ3v) is 1.24. The van der Waals surface area contributed by atoms with Gasteiger partial charge in [-0.1, -0.05) is 0 Å². The van der Waals surface area contributed by atoms with E-state index in [-0.39, 0.29) is 5.69 Å². The van der Waals surface area contributed by atoms with Crippen molar-refractivity contribution in [3.63, 3.8) is 0 Å². The zero-order chi connectivity index (χ0) is 8.97. The van der Waals surface area contributed by atoms with Crippen molar-refractivity contribution < 1.29 is 9.90 Å². The number of rotatable bonds is 3. The fraction of sp³-hybridized carbons (Fsp3) is 0.286. The monoisotopic (exact) mass is 167 g/mol. The quantitative estimate of drug-likeness (QED) is 0.689. The predicted molar refractivity (Wildman–Crippen MR) is 43.2 cm³/mol. The lowest BCUT2D eigenvalue weighted by Gasteiger charge is -1.99. The molecule has 12 heavy (non-hydrogen) atoms. The predicted octanol–water partition coefficient (Wildman–Crippen LogP) is 0.607. The number of carbonyl (C=O) groups is 1. The number of carboxylic acid groups (broad SMARTS) is 1. The first-order valence-electron chi connectivity index (χ1n) is 3.55. The Labute approximate surface area is 69.4 Å². The smallest absolute Gasteiger partial charge is 0.356 e. The topological polar surface area (TPSA) is 75.1 Å². The Morgan fingerprint density at radius 1 is 1.58 bits per heavy atom. The Morgan fingerprint density at radius 2 is 2.33 bits per heavy atom. The molecule has 0 aliphatic heterocycles. The maximum atomic E-state index is 10.3. The highest BCUT2D eigenvalue weighted by Gasteiger charge is 2.03. The van der Waals surface area contributed by atoms with E-state index in [1.165, 1.54) is 6.07 Å². The van der Waals surface area contributed by atoms with Crippen LogP contribution in [-0.2, 0) is 0 Å². The van der Waals surface area contributed by atoms with E-state index >= 15 is 0 Å². The molecule has 0 radical (unpaired) electrons. The van der Waals surface area contributed by atoms with Crippen LogP contribution in [0.15, 0.2) is 12.1 Å². The molecule has 0 aliphatic carbocycles. The fourth-order valence-electron chi connectivity index (χ4n) is 0.722. The molecule has 2 N–H and O–H groups in total. The number of nitrogens with zero attached hydrogens (tertiary/aromatic N) is 2. The molecule has 1 aromatic rings. The number of nitrogens with one attached hydrogen (secondary N) is 1. The number of hydrogen-bond donors (Lipinski definition) is 2. The van der Waals surface area contributed by atoms with Gasteiger partial charge in [-0.05, 0) is 19.1 Å². The number of hydrogen-bond acceptors (Lipinski definition) is 4. The number of aromatic nitrogens is 2. The Morgan fingerprint density at radius 3 is 2.75 bits per heavy atom. The number of aromatic carboxylic acids is 1. The van der Waals surface area contributed by atoms with Crippen LogP contribution in [0, 0.1) is 0 Å². The Kier molecular flexibility index (Phi) is 2.57. The molecule has 1 aromatic heterocycles. The van der Waals surface area contributed by atoms with Gasteiger partial charge in [-0.25, -0.2) is 4.79 Å². The lowest BCUT2D eigenvalue weighted by Crippen LogP contribution is -2.05. The molecule has 5 heteroatoms. The van der Waals surface area contributed by atoms with Gasteiger partial charge in [0.1, 0.15) is 5.82 Å². The Balaban J connectivity index is 2.78. The summed E-state index contributed by atoms with van der Waals surface area (Å²) >= 11 is 0. The van der Waals surface area contributed by atoms with E-state index in [0.717, 1.165) is 6.54 Å². The molecule has 0 amide bonds. The highest BCUT2D eigenvalue weighted by Crippen LogP contribution is 2.00. The summed E-state index contributed by atoms with van der Waals surface area (Å²) in [6, 6.07) is 2.99. The molecule has 0 saturated heterocycles. The molecule has 1 rings (SSSR count). The van der Waals surface area contributed by atoms with E-state index in [1.54, 1.807) is 6.07 Å². The van der Waals surface area contributed by atoms with Gasteiger partial charge in [-0.2, -0.15) is 0 Å². The molecule has 0 atom stereocenters. The maximum Gasteiger partial charge on any atom is 0.356 e. The minimum atomic E-state index is -1.06. The fourth-order valence-corrected chi connectivity index (χ4v) is 0.722. The van der Waals surface area contributed by atoms with Crippen molar-refractivity contribution >= 4 is 11.8 Å². The van der Waals surface area contributed by atoms with Gasteiger partial charge in [0, 0.05) is 6.54 Å². The summed E-state index contributed by atoms with van der Waals surface area (Å²) in [5, 5.41) is 18.5. The van der Waals surface area contributed by atoms with Crippen molar-refractivity contribution in [2.45, 2.75) is 6.92 Å². The lowest BCUT2D eigenvalue weighted by molar-refractivity contribution is 0.0689. The summed E-state index contributed by atoms with van der Waals surface area (Å²) < 4.78 is 0. The molecule has 0 unspecified atom stereocenters. The maximum absolute atomic E-state index is 10.3. The highest BCUT2D eigenvalue weighted by atomic mass is 16.4. The van der Waals surface area contributed by atoms with Crippen molar-refractivity contribution in [2.75, 3.05) is 11.9 Å². The van der Waals surface area contributed by atoms with Crippen molar-refractivity contribution in [3.8, 4) is 0 Å². The van der Waals surface area contributed by atoms with Crippen LogP contribution in [0.25, 0.3) is 0 Å². The Bertz CT molecular complexity index is 270. The van der Waals surface area contributed by atoms with Crippen LogP contribution >= 0.6 is 0 Å². The van der Waals surface area contributed by atoms with Crippen molar-refractivity contribution in [1.29, 1.82) is 0 Å². The van der Waals surface area contributed by atoms with Gasteiger partial charge in [0.25, 0.3) is 0 Å². The summed E-state index contributed by atoms with van der Waals surface area (Å²) in [5.74, 6) is -0.479. The minimum absolute atomic E-state index is 0.0448. The molecule has 0 aliphatic rings. The van der Waals surface area contributed by atoms with Gasteiger partial charge in [0.15, 0.2) is 5.69 Å². The van der Waals surface area contributed by atoms with Gasteiger partial charge in [-0.15, -0.1) is 10.2 Å². The van der Waals surface area contributed by atoms with E-state index in [4.69, 9.17) is 5.11 Å². The van der Waals surface area contributed by atoms with Crippen LogP contribution in [-0.4, -0.2) is 27.8 Å². The number of carboxylic acids is 1. The van der Waals surface area contributed by atoms with Crippen LogP contribution in [0.2, 0.25) is 0 Å². The van der Waals surface area contributed by atoms with E-state index in [2.05, 4.69) is 15.5 Å². The second-order valence-electron chi connectivity index (χ2n) is 2.14. The summed E-state index contributed by atoms with van der Waals surface area (Å²) in [4.78, 5) is 10.3. The largest absolute Gasteiger partial charge is 0.476 e. The van der Waals surface area contributed by atoms with Gasteiger partial charge < -0.3 is 10.4 Å². The highest BCUT2D eigenvalue weighted by molar-refractivity contribution is 5.85. The van der Waals surface area contributed by atoms with Crippen LogP contribution in [0.4, 0.5) is 5.82 Å². The van der Waals surface area contributed by atoms with Crippen LogP contribution < -0.4 is 5.32 Å². The standard InChI is InChI=1S/C7H9N3O2/c1-2-8-6-4-3-5(7(11)12)9-10-6/h3-4H,2H2,1H3,(H,8,10)(H,11,12). The SMILES string of the molecule is CCNc1ccc(C(=O)O)nn1. The van der Waals surface area contributed by atoms with Crippen molar-refractivity contribution in [1.82, 2.24) is 10.2 Å². The van der Waals surface area contributed by atoms with Crippen molar-refractivity contribution in [3.05, 3.63) is 17.8 Å². The van der Waals surface area contributed by atoms with E-state index < -0.39 is 5.97 Å². The third kappa shape index (κ3) is 1.91. The van der Waals surface area contributed by atoms with E-state index in [9.17, 15) is 4.79 Å². The molecule has 0 aromatic carbocycles. The van der Waals surface area contributed by atoms with Gasteiger partial charge in [0.05, 0.1) is 0 Å². The zero-order valence-corrected chi connectivity index (χ0v) is 6.61. The van der Waals surface area contributed by atoms with E-state index in [1.807, 2.05) is 6.92 Å². The minimum Gasteiger partial charge on any atom is -0.476 e. The average molecular weight is 167 g/mol. The van der Waals surface area contributed by atoms with Crippen LogP contribution in [0.3, 0.4) is 0 Å².